The Kier molecular flexibility index (Phi) is 4.66. The molecule has 0 atom stereocenters. The molecule has 0 spiro atoms. The number of halogens is 2. The third kappa shape index (κ3) is 3.61. The molecule has 2 aromatic carbocycles. The molecular weight excluding hydrogens is 372 g/mol. The van der Waals surface area contributed by atoms with Gasteiger partial charge in [-0.15, -0.1) is 0 Å². The van der Waals surface area contributed by atoms with Gasteiger partial charge in [-0.2, -0.15) is 0 Å². The first-order valence-electron chi connectivity index (χ1n) is 5.60. The summed E-state index contributed by atoms with van der Waals surface area (Å²) in [5.74, 6) is 1.05. The predicted molar refractivity (Wildman–Crippen MR) is 85.4 cm³/mol. The van der Waals surface area contributed by atoms with E-state index in [0.717, 1.165) is 16.9 Å². The molecule has 0 radical (unpaired) electrons. The highest BCUT2D eigenvalue weighted by atomic mass is 79.9. The van der Waals surface area contributed by atoms with Gasteiger partial charge in [0.15, 0.2) is 0 Å². The third-order valence-electron chi connectivity index (χ3n) is 2.62. The second kappa shape index (κ2) is 6.26. The highest BCUT2D eigenvalue weighted by Crippen LogP contribution is 2.33. The maximum atomic E-state index is 9.64. The second-order valence-electron chi connectivity index (χ2n) is 3.94. The number of hydrogen-bond donors (Lipinski definition) is 1. The van der Waals surface area contributed by atoms with Gasteiger partial charge in [0, 0.05) is 0 Å². The monoisotopic (exact) mass is 382 g/mol. The van der Waals surface area contributed by atoms with Gasteiger partial charge in [-0.3, -0.25) is 0 Å². The molecule has 0 aliphatic rings. The van der Waals surface area contributed by atoms with Crippen LogP contribution in [0.15, 0.2) is 45.3 Å². The highest BCUT2D eigenvalue weighted by molar-refractivity contribution is 9.11. The normalized spacial score (nSPS) is 10.9. The summed E-state index contributed by atoms with van der Waals surface area (Å²) in [6.45, 7) is 0. The van der Waals surface area contributed by atoms with Crippen LogP contribution in [0.1, 0.15) is 11.1 Å². The molecule has 0 aromatic heterocycles. The molecule has 0 aliphatic carbocycles. The van der Waals surface area contributed by atoms with Crippen LogP contribution in [0.5, 0.6) is 11.5 Å². The lowest BCUT2D eigenvalue weighted by Crippen LogP contribution is -1.81. The fourth-order valence-corrected chi connectivity index (χ4v) is 2.81. The number of phenols is 1. The molecule has 98 valence electrons. The van der Waals surface area contributed by atoms with Crippen molar-refractivity contribution in [1.82, 2.24) is 0 Å². The van der Waals surface area contributed by atoms with E-state index in [-0.39, 0.29) is 5.75 Å². The fraction of sp³-hybridized carbons (Fsp3) is 0.0667. The maximum absolute atomic E-state index is 9.64. The van der Waals surface area contributed by atoms with Gasteiger partial charge in [-0.1, -0.05) is 24.3 Å². The van der Waals surface area contributed by atoms with E-state index in [1.807, 2.05) is 48.6 Å². The van der Waals surface area contributed by atoms with Gasteiger partial charge < -0.3 is 9.84 Å². The fourth-order valence-electron chi connectivity index (χ4n) is 1.59. The standard InChI is InChI=1S/C15H12Br2O2/c1-19-12-6-4-10(5-7-12)2-3-11-8-13(16)15(18)14(17)9-11/h2-9,18H,1H3/b3-2+. The second-order valence-corrected chi connectivity index (χ2v) is 5.65. The first kappa shape index (κ1) is 14.2. The Balaban J connectivity index is 2.22. The van der Waals surface area contributed by atoms with E-state index in [1.165, 1.54) is 0 Å². The van der Waals surface area contributed by atoms with E-state index in [1.54, 1.807) is 7.11 Å². The molecule has 2 rings (SSSR count). The zero-order chi connectivity index (χ0) is 13.8. The Hall–Kier alpha value is -1.26. The molecule has 0 saturated carbocycles. The first-order valence-corrected chi connectivity index (χ1v) is 7.19. The van der Waals surface area contributed by atoms with E-state index in [9.17, 15) is 5.11 Å². The topological polar surface area (TPSA) is 29.5 Å². The van der Waals surface area contributed by atoms with Crippen LogP contribution < -0.4 is 4.74 Å². The molecule has 0 saturated heterocycles. The number of benzene rings is 2. The molecule has 0 unspecified atom stereocenters. The minimum atomic E-state index is 0.210. The van der Waals surface area contributed by atoms with Crippen molar-refractivity contribution in [3.8, 4) is 11.5 Å². The van der Waals surface area contributed by atoms with Gasteiger partial charge in [0.2, 0.25) is 0 Å². The lowest BCUT2D eigenvalue weighted by atomic mass is 10.1. The highest BCUT2D eigenvalue weighted by Gasteiger charge is 2.03. The van der Waals surface area contributed by atoms with Crippen molar-refractivity contribution in [1.29, 1.82) is 0 Å². The Morgan fingerprint density at radius 3 is 2.00 bits per heavy atom. The van der Waals surface area contributed by atoms with Crippen molar-refractivity contribution in [3.63, 3.8) is 0 Å². The predicted octanol–water partition coefficient (Wildman–Crippen LogP) is 5.10. The summed E-state index contributed by atoms with van der Waals surface area (Å²) in [5.41, 5.74) is 2.08. The smallest absolute Gasteiger partial charge is 0.143 e. The summed E-state index contributed by atoms with van der Waals surface area (Å²) in [6, 6.07) is 11.5. The van der Waals surface area contributed by atoms with Gasteiger partial charge in [0.25, 0.3) is 0 Å². The summed E-state index contributed by atoms with van der Waals surface area (Å²) in [6.07, 6.45) is 3.99. The third-order valence-corrected chi connectivity index (χ3v) is 3.83. The van der Waals surface area contributed by atoms with Gasteiger partial charge in [-0.05, 0) is 67.3 Å². The Morgan fingerprint density at radius 1 is 0.947 bits per heavy atom. The van der Waals surface area contributed by atoms with Gasteiger partial charge >= 0.3 is 0 Å². The van der Waals surface area contributed by atoms with Crippen molar-refractivity contribution in [2.75, 3.05) is 7.11 Å². The van der Waals surface area contributed by atoms with Crippen LogP contribution in [0.3, 0.4) is 0 Å². The molecule has 2 aromatic rings. The molecule has 0 fully saturated rings. The minimum Gasteiger partial charge on any atom is -0.506 e. The summed E-state index contributed by atoms with van der Waals surface area (Å²) < 4.78 is 6.44. The molecule has 0 aliphatic heterocycles. The number of rotatable bonds is 3. The van der Waals surface area contributed by atoms with Crippen molar-refractivity contribution >= 4 is 44.0 Å². The van der Waals surface area contributed by atoms with Crippen LogP contribution in [0, 0.1) is 0 Å². The van der Waals surface area contributed by atoms with Crippen LogP contribution in [-0.2, 0) is 0 Å². The lowest BCUT2D eigenvalue weighted by molar-refractivity contribution is 0.415. The van der Waals surface area contributed by atoms with Crippen LogP contribution in [0.2, 0.25) is 0 Å². The average Bonchev–Trinajstić information content (AvgIpc) is 2.43. The van der Waals surface area contributed by atoms with Crippen molar-refractivity contribution in [3.05, 3.63) is 56.5 Å². The summed E-state index contributed by atoms with van der Waals surface area (Å²) in [4.78, 5) is 0. The average molecular weight is 384 g/mol. The molecule has 0 amide bonds. The Morgan fingerprint density at radius 2 is 1.47 bits per heavy atom. The van der Waals surface area contributed by atoms with E-state index in [0.29, 0.717) is 8.95 Å². The number of methoxy groups -OCH3 is 1. The van der Waals surface area contributed by atoms with Gasteiger partial charge in [0.05, 0.1) is 16.1 Å². The van der Waals surface area contributed by atoms with Crippen molar-refractivity contribution in [2.45, 2.75) is 0 Å². The van der Waals surface area contributed by atoms with E-state index in [4.69, 9.17) is 4.74 Å². The first-order chi connectivity index (χ1) is 9.10. The summed E-state index contributed by atoms with van der Waals surface area (Å²) >= 11 is 6.62. The van der Waals surface area contributed by atoms with Gasteiger partial charge in [-0.25, -0.2) is 0 Å². The van der Waals surface area contributed by atoms with Crippen LogP contribution in [0.25, 0.3) is 12.2 Å². The summed E-state index contributed by atoms with van der Waals surface area (Å²) in [5, 5.41) is 9.64. The molecular formula is C15H12Br2O2. The maximum Gasteiger partial charge on any atom is 0.143 e. The van der Waals surface area contributed by atoms with Crippen LogP contribution >= 0.6 is 31.9 Å². The molecule has 1 N–H and O–H groups in total. The zero-order valence-corrected chi connectivity index (χ0v) is 13.4. The number of ether oxygens (including phenoxy) is 1. The summed E-state index contributed by atoms with van der Waals surface area (Å²) in [7, 11) is 1.65. The van der Waals surface area contributed by atoms with E-state index < -0.39 is 0 Å². The quantitative estimate of drug-likeness (QED) is 0.747. The Labute approximate surface area is 129 Å². The molecule has 0 bridgehead atoms. The SMILES string of the molecule is COc1ccc(/C=C/c2cc(Br)c(O)c(Br)c2)cc1. The number of aromatic hydroxyl groups is 1. The lowest BCUT2D eigenvalue weighted by Gasteiger charge is -2.02. The van der Waals surface area contributed by atoms with Crippen molar-refractivity contribution in [2.24, 2.45) is 0 Å². The largest absolute Gasteiger partial charge is 0.506 e. The minimum absolute atomic E-state index is 0.210. The van der Waals surface area contributed by atoms with Crippen LogP contribution in [0.4, 0.5) is 0 Å². The van der Waals surface area contributed by atoms with Gasteiger partial charge in [0.1, 0.15) is 11.5 Å². The molecule has 0 heterocycles. The zero-order valence-electron chi connectivity index (χ0n) is 10.2. The van der Waals surface area contributed by atoms with Crippen molar-refractivity contribution < 1.29 is 9.84 Å². The number of phenolic OH excluding ortho intramolecular Hbond substituents is 1. The van der Waals surface area contributed by atoms with E-state index >= 15 is 0 Å². The molecule has 2 nitrogen and oxygen atoms in total. The van der Waals surface area contributed by atoms with Crippen LogP contribution in [-0.4, -0.2) is 12.2 Å². The molecule has 4 heteroatoms. The Bertz CT molecular complexity index is 581. The van der Waals surface area contributed by atoms with E-state index in [2.05, 4.69) is 31.9 Å². The number of hydrogen-bond acceptors (Lipinski definition) is 2. The molecule has 19 heavy (non-hydrogen) atoms.